The van der Waals surface area contributed by atoms with Crippen LogP contribution in [0.15, 0.2) is 48.7 Å². The van der Waals surface area contributed by atoms with Crippen molar-refractivity contribution < 1.29 is 18.0 Å². The van der Waals surface area contributed by atoms with Crippen LogP contribution in [0.1, 0.15) is 11.1 Å². The number of carbonyl (C=O) groups excluding carboxylic acids is 1. The molecule has 3 rings (SSSR count). The van der Waals surface area contributed by atoms with E-state index in [0.717, 1.165) is 17.7 Å². The molecule has 0 saturated heterocycles. The number of anilines is 4. The van der Waals surface area contributed by atoms with Crippen molar-refractivity contribution in [3.63, 3.8) is 0 Å². The van der Waals surface area contributed by atoms with E-state index in [2.05, 4.69) is 36.4 Å². The molecule has 0 unspecified atom stereocenters. The average Bonchev–Trinajstić information content (AvgIpc) is 2.74. The predicted molar refractivity (Wildman–Crippen MR) is 116 cm³/mol. The van der Waals surface area contributed by atoms with E-state index in [4.69, 9.17) is 11.6 Å². The van der Waals surface area contributed by atoms with Crippen LogP contribution in [0.25, 0.3) is 0 Å². The molecule has 0 aliphatic rings. The maximum atomic E-state index is 12.9. The topological polar surface area (TPSA) is 104 Å². The summed E-state index contributed by atoms with van der Waals surface area (Å²) in [6.45, 7) is 2.46. The molecule has 0 aliphatic heterocycles. The van der Waals surface area contributed by atoms with Crippen LogP contribution in [0, 0.1) is 6.92 Å². The Bertz CT molecular complexity index is 1060. The van der Waals surface area contributed by atoms with Crippen LogP contribution >= 0.6 is 11.6 Å². The fraction of sp³-hybridized carbons (Fsp3) is 0.200. The second-order valence-corrected chi connectivity index (χ2v) is 7.06. The van der Waals surface area contributed by atoms with Gasteiger partial charge in [0, 0.05) is 25.0 Å². The fourth-order valence-corrected chi connectivity index (χ4v) is 2.75. The molecule has 0 aliphatic carbocycles. The molecule has 168 valence electrons. The molecule has 4 N–H and O–H groups in total. The minimum Gasteiger partial charge on any atom is -0.367 e. The number of alkyl halides is 3. The summed E-state index contributed by atoms with van der Waals surface area (Å²) in [5.41, 5.74) is 0.000191. The molecular formula is C20H19ClF3N7O. The van der Waals surface area contributed by atoms with E-state index in [1.807, 2.05) is 19.1 Å². The molecule has 0 fully saturated rings. The molecule has 8 nitrogen and oxygen atoms in total. The van der Waals surface area contributed by atoms with Crippen LogP contribution in [0.2, 0.25) is 5.02 Å². The number of amides is 2. The van der Waals surface area contributed by atoms with Crippen molar-refractivity contribution in [2.24, 2.45) is 0 Å². The van der Waals surface area contributed by atoms with Gasteiger partial charge in [-0.1, -0.05) is 17.7 Å². The Balaban J connectivity index is 1.42. The second kappa shape index (κ2) is 10.1. The van der Waals surface area contributed by atoms with Gasteiger partial charge in [-0.3, -0.25) is 0 Å². The Labute approximate surface area is 186 Å². The minimum atomic E-state index is -4.61. The van der Waals surface area contributed by atoms with Gasteiger partial charge in [0.15, 0.2) is 5.82 Å². The SMILES string of the molecule is Cc1ccc(Nc2ccc(NCCNC(=O)Nc3ccc(Cl)c(C(F)(F)F)c3)nn2)nc1. The Morgan fingerprint density at radius 3 is 2.38 bits per heavy atom. The third-order valence-electron chi connectivity index (χ3n) is 4.08. The summed E-state index contributed by atoms with van der Waals surface area (Å²) < 4.78 is 38.7. The van der Waals surface area contributed by atoms with Crippen LogP contribution < -0.4 is 21.3 Å². The van der Waals surface area contributed by atoms with Crippen molar-refractivity contribution >= 4 is 40.8 Å². The molecule has 0 radical (unpaired) electrons. The molecule has 1 aromatic carbocycles. The summed E-state index contributed by atoms with van der Waals surface area (Å²) >= 11 is 5.56. The third-order valence-corrected chi connectivity index (χ3v) is 4.41. The standard InChI is InChI=1S/C20H19ClF3N7O/c1-12-2-5-16(27-11-12)29-18-7-6-17(30-31-18)25-8-9-26-19(32)28-13-3-4-15(21)14(10-13)20(22,23)24/h2-7,10-11H,8-9H2,1H3,(H,25,30)(H2,26,28,32)(H,27,29,31). The van der Waals surface area contributed by atoms with Gasteiger partial charge in [-0.05, 0) is 48.9 Å². The zero-order valence-corrected chi connectivity index (χ0v) is 17.6. The first-order chi connectivity index (χ1) is 15.2. The maximum Gasteiger partial charge on any atom is 0.417 e. The van der Waals surface area contributed by atoms with Gasteiger partial charge in [-0.25, -0.2) is 9.78 Å². The zero-order chi connectivity index (χ0) is 23.1. The first-order valence-electron chi connectivity index (χ1n) is 9.39. The lowest BCUT2D eigenvalue weighted by Gasteiger charge is -2.12. The largest absolute Gasteiger partial charge is 0.417 e. The normalized spacial score (nSPS) is 11.0. The first kappa shape index (κ1) is 23.1. The van der Waals surface area contributed by atoms with E-state index in [-0.39, 0.29) is 12.2 Å². The molecule has 3 aromatic rings. The van der Waals surface area contributed by atoms with Crippen molar-refractivity contribution in [2.75, 3.05) is 29.0 Å². The lowest BCUT2D eigenvalue weighted by molar-refractivity contribution is -0.137. The minimum absolute atomic E-state index is 0.0239. The van der Waals surface area contributed by atoms with E-state index in [9.17, 15) is 18.0 Å². The number of pyridine rings is 1. The van der Waals surface area contributed by atoms with E-state index in [1.54, 1.807) is 18.3 Å². The number of urea groups is 1. The number of hydrogen-bond donors (Lipinski definition) is 4. The Morgan fingerprint density at radius 2 is 1.72 bits per heavy atom. The molecule has 12 heteroatoms. The Morgan fingerprint density at radius 1 is 1.00 bits per heavy atom. The number of carbonyl (C=O) groups is 1. The first-order valence-corrected chi connectivity index (χ1v) is 9.77. The molecule has 32 heavy (non-hydrogen) atoms. The summed E-state index contributed by atoms with van der Waals surface area (Å²) in [6.07, 6.45) is -2.88. The highest BCUT2D eigenvalue weighted by Crippen LogP contribution is 2.36. The monoisotopic (exact) mass is 465 g/mol. The van der Waals surface area contributed by atoms with Crippen molar-refractivity contribution in [1.29, 1.82) is 0 Å². The Kier molecular flexibility index (Phi) is 7.31. The van der Waals surface area contributed by atoms with Crippen LogP contribution in [0.4, 0.5) is 41.1 Å². The van der Waals surface area contributed by atoms with Gasteiger partial charge in [-0.2, -0.15) is 13.2 Å². The number of aromatic nitrogens is 3. The lowest BCUT2D eigenvalue weighted by Crippen LogP contribution is -2.32. The van der Waals surface area contributed by atoms with Crippen LogP contribution in [-0.4, -0.2) is 34.3 Å². The highest BCUT2D eigenvalue weighted by atomic mass is 35.5. The molecule has 2 amide bonds. The van der Waals surface area contributed by atoms with Gasteiger partial charge in [0.2, 0.25) is 0 Å². The number of benzene rings is 1. The molecule has 0 bridgehead atoms. The number of rotatable bonds is 7. The quantitative estimate of drug-likeness (QED) is 0.373. The second-order valence-electron chi connectivity index (χ2n) is 6.65. The van der Waals surface area contributed by atoms with Gasteiger partial charge < -0.3 is 21.3 Å². The molecular weight excluding hydrogens is 447 g/mol. The molecule has 0 spiro atoms. The maximum absolute atomic E-state index is 12.9. The highest BCUT2D eigenvalue weighted by Gasteiger charge is 2.33. The van der Waals surface area contributed by atoms with E-state index >= 15 is 0 Å². The van der Waals surface area contributed by atoms with Gasteiger partial charge in [0.1, 0.15) is 11.6 Å². The molecule has 0 saturated carbocycles. The van der Waals surface area contributed by atoms with Crippen molar-refractivity contribution in [2.45, 2.75) is 13.1 Å². The predicted octanol–water partition coefficient (Wildman–Crippen LogP) is 4.83. The van der Waals surface area contributed by atoms with Crippen LogP contribution in [-0.2, 0) is 6.18 Å². The van der Waals surface area contributed by atoms with Gasteiger partial charge in [0.05, 0.1) is 10.6 Å². The lowest BCUT2D eigenvalue weighted by atomic mass is 10.2. The average molecular weight is 466 g/mol. The summed E-state index contributed by atoms with van der Waals surface area (Å²) in [7, 11) is 0. The zero-order valence-electron chi connectivity index (χ0n) is 16.8. The summed E-state index contributed by atoms with van der Waals surface area (Å²) in [4.78, 5) is 16.1. The van der Waals surface area contributed by atoms with Gasteiger partial charge in [0.25, 0.3) is 0 Å². The van der Waals surface area contributed by atoms with Gasteiger partial charge >= 0.3 is 12.2 Å². The van der Waals surface area contributed by atoms with E-state index in [1.165, 1.54) is 6.07 Å². The fourth-order valence-electron chi connectivity index (χ4n) is 2.53. The van der Waals surface area contributed by atoms with E-state index in [0.29, 0.717) is 24.0 Å². The summed E-state index contributed by atoms with van der Waals surface area (Å²) in [5.74, 6) is 1.65. The number of nitrogens with one attached hydrogen (secondary N) is 4. The highest BCUT2D eigenvalue weighted by molar-refractivity contribution is 6.31. The molecule has 2 aromatic heterocycles. The summed E-state index contributed by atoms with van der Waals surface area (Å²) in [5, 5.41) is 18.5. The third kappa shape index (κ3) is 6.71. The van der Waals surface area contributed by atoms with Crippen molar-refractivity contribution in [1.82, 2.24) is 20.5 Å². The van der Waals surface area contributed by atoms with Crippen molar-refractivity contribution in [3.05, 3.63) is 64.8 Å². The number of aryl methyl sites for hydroxylation is 1. The van der Waals surface area contributed by atoms with Gasteiger partial charge in [-0.15, -0.1) is 10.2 Å². The number of hydrogen-bond acceptors (Lipinski definition) is 6. The van der Waals surface area contributed by atoms with E-state index < -0.39 is 22.8 Å². The Hall–Kier alpha value is -3.60. The van der Waals surface area contributed by atoms with Crippen LogP contribution in [0.3, 0.4) is 0 Å². The molecule has 2 heterocycles. The van der Waals surface area contributed by atoms with Crippen molar-refractivity contribution in [3.8, 4) is 0 Å². The number of halogens is 4. The smallest absolute Gasteiger partial charge is 0.367 e. The van der Waals surface area contributed by atoms with Crippen LogP contribution in [0.5, 0.6) is 0 Å². The summed E-state index contributed by atoms with van der Waals surface area (Å²) in [6, 6.07) is 9.65. The molecule has 0 atom stereocenters. The number of nitrogens with zero attached hydrogens (tertiary/aromatic N) is 3.